The van der Waals surface area contributed by atoms with Gasteiger partial charge in [0.25, 0.3) is 0 Å². The Morgan fingerprint density at radius 3 is 2.68 bits per heavy atom. The summed E-state index contributed by atoms with van der Waals surface area (Å²) in [5.74, 6) is 0.964. The first-order valence-electron chi connectivity index (χ1n) is 10.6. The molecule has 5 heteroatoms. The lowest BCUT2D eigenvalue weighted by atomic mass is 10.1. The van der Waals surface area contributed by atoms with Crippen LogP contribution in [-0.4, -0.2) is 56.3 Å². The van der Waals surface area contributed by atoms with Gasteiger partial charge < -0.3 is 20.7 Å². The molecule has 2 heterocycles. The maximum absolute atomic E-state index is 6.67. The highest BCUT2D eigenvalue weighted by molar-refractivity contribution is 5.51. The number of likely N-dealkylation sites (tertiary alicyclic amines) is 1. The maximum atomic E-state index is 6.67. The fourth-order valence-electron chi connectivity index (χ4n) is 4.94. The second-order valence-corrected chi connectivity index (χ2v) is 8.29. The molecule has 0 spiro atoms. The van der Waals surface area contributed by atoms with Gasteiger partial charge in [-0.15, -0.1) is 0 Å². The molecule has 3 unspecified atom stereocenters. The van der Waals surface area contributed by atoms with Crippen molar-refractivity contribution < 1.29 is 4.74 Å². The lowest BCUT2D eigenvalue weighted by Crippen LogP contribution is -2.43. The van der Waals surface area contributed by atoms with Crippen LogP contribution in [0.1, 0.15) is 23.7 Å². The molecule has 0 aromatic heterocycles. The van der Waals surface area contributed by atoms with Crippen molar-refractivity contribution in [3.05, 3.63) is 59.7 Å². The Hall–Kier alpha value is -2.08. The highest BCUT2D eigenvalue weighted by Gasteiger charge is 2.40. The maximum Gasteiger partial charge on any atom is 0.140 e. The zero-order chi connectivity index (χ0) is 18.9. The van der Waals surface area contributed by atoms with Crippen molar-refractivity contribution >= 4 is 5.69 Å². The minimum atomic E-state index is 0.0692. The highest BCUT2D eigenvalue weighted by atomic mass is 16.5. The molecule has 3 aliphatic rings. The van der Waals surface area contributed by atoms with Crippen LogP contribution < -0.4 is 20.7 Å². The number of benzene rings is 2. The molecule has 2 aliphatic heterocycles. The van der Waals surface area contributed by atoms with Crippen molar-refractivity contribution in [1.82, 2.24) is 10.2 Å². The molecule has 5 nitrogen and oxygen atoms in total. The fraction of sp³-hybridized carbons (Fsp3) is 0.478. The predicted octanol–water partition coefficient (Wildman–Crippen LogP) is 2.17. The molecule has 2 fully saturated rings. The van der Waals surface area contributed by atoms with Gasteiger partial charge in [0, 0.05) is 57.1 Å². The van der Waals surface area contributed by atoms with Crippen LogP contribution in [0.15, 0.2) is 48.5 Å². The minimum absolute atomic E-state index is 0.0692. The molecule has 1 aliphatic carbocycles. The van der Waals surface area contributed by atoms with E-state index < -0.39 is 0 Å². The van der Waals surface area contributed by atoms with E-state index in [1.54, 1.807) is 0 Å². The average Bonchev–Trinajstić information content (AvgIpc) is 3.33. The van der Waals surface area contributed by atoms with Gasteiger partial charge in [-0.05, 0) is 36.1 Å². The van der Waals surface area contributed by atoms with Crippen molar-refractivity contribution in [3.63, 3.8) is 0 Å². The topological polar surface area (TPSA) is 53.8 Å². The van der Waals surface area contributed by atoms with Crippen LogP contribution in [0.2, 0.25) is 0 Å². The van der Waals surface area contributed by atoms with Gasteiger partial charge in [-0.3, -0.25) is 4.90 Å². The molecule has 5 rings (SSSR count). The molecule has 3 atom stereocenters. The van der Waals surface area contributed by atoms with Gasteiger partial charge in [-0.2, -0.15) is 0 Å². The largest absolute Gasteiger partial charge is 0.484 e. The van der Waals surface area contributed by atoms with Gasteiger partial charge in [0.15, 0.2) is 0 Å². The molecule has 0 bridgehead atoms. The molecule has 2 saturated heterocycles. The number of nitrogens with two attached hydrogens (primary N) is 1. The highest BCUT2D eigenvalue weighted by Crippen LogP contribution is 2.39. The summed E-state index contributed by atoms with van der Waals surface area (Å²) in [4.78, 5) is 4.97. The van der Waals surface area contributed by atoms with Crippen LogP contribution in [0, 0.1) is 0 Å². The Labute approximate surface area is 167 Å². The van der Waals surface area contributed by atoms with Gasteiger partial charge in [-0.1, -0.05) is 30.3 Å². The smallest absolute Gasteiger partial charge is 0.140 e. The summed E-state index contributed by atoms with van der Waals surface area (Å²) in [6.07, 6.45) is 2.20. The van der Waals surface area contributed by atoms with Crippen LogP contribution in [0.4, 0.5) is 5.69 Å². The van der Waals surface area contributed by atoms with Gasteiger partial charge in [0.2, 0.25) is 0 Å². The van der Waals surface area contributed by atoms with Crippen LogP contribution in [-0.2, 0) is 6.42 Å². The predicted molar refractivity (Wildman–Crippen MR) is 113 cm³/mol. The number of hydrogen-bond acceptors (Lipinski definition) is 5. The average molecular weight is 379 g/mol. The first-order chi connectivity index (χ1) is 13.8. The molecular formula is C23H30N4O. The molecule has 2 aromatic carbocycles. The van der Waals surface area contributed by atoms with E-state index in [1.165, 1.54) is 16.8 Å². The third-order valence-corrected chi connectivity index (χ3v) is 6.43. The summed E-state index contributed by atoms with van der Waals surface area (Å²) in [6, 6.07) is 18.0. The quantitative estimate of drug-likeness (QED) is 0.854. The number of nitrogens with zero attached hydrogens (tertiary/aromatic N) is 2. The number of fused-ring (bicyclic) bond motifs is 1. The van der Waals surface area contributed by atoms with E-state index in [0.29, 0.717) is 12.1 Å². The molecule has 0 amide bonds. The van der Waals surface area contributed by atoms with Crippen molar-refractivity contribution in [2.75, 3.05) is 44.2 Å². The number of rotatable bonds is 4. The first-order valence-corrected chi connectivity index (χ1v) is 10.6. The summed E-state index contributed by atoms with van der Waals surface area (Å²) in [6.45, 7) is 6.21. The van der Waals surface area contributed by atoms with Crippen molar-refractivity contribution in [2.24, 2.45) is 5.73 Å². The zero-order valence-corrected chi connectivity index (χ0v) is 16.4. The minimum Gasteiger partial charge on any atom is -0.484 e. The number of hydrogen-bond donors (Lipinski definition) is 2. The van der Waals surface area contributed by atoms with Gasteiger partial charge in [-0.25, -0.2) is 0 Å². The normalized spacial score (nSPS) is 27.8. The first kappa shape index (κ1) is 18.0. The Morgan fingerprint density at radius 1 is 1.00 bits per heavy atom. The van der Waals surface area contributed by atoms with Crippen LogP contribution in [0.3, 0.4) is 0 Å². The van der Waals surface area contributed by atoms with E-state index in [4.69, 9.17) is 10.5 Å². The summed E-state index contributed by atoms with van der Waals surface area (Å²) in [7, 11) is 0. The molecule has 2 aromatic rings. The van der Waals surface area contributed by atoms with Crippen LogP contribution in [0.5, 0.6) is 5.75 Å². The van der Waals surface area contributed by atoms with E-state index in [9.17, 15) is 0 Å². The van der Waals surface area contributed by atoms with Gasteiger partial charge in [0.05, 0.1) is 6.04 Å². The lowest BCUT2D eigenvalue weighted by molar-refractivity contribution is 0.0933. The summed E-state index contributed by atoms with van der Waals surface area (Å²) >= 11 is 0. The molecule has 0 radical (unpaired) electrons. The molecule has 0 saturated carbocycles. The van der Waals surface area contributed by atoms with Gasteiger partial charge in [0.1, 0.15) is 11.9 Å². The third kappa shape index (κ3) is 3.50. The number of nitrogens with one attached hydrogen (secondary N) is 1. The molecule has 148 valence electrons. The second-order valence-electron chi connectivity index (χ2n) is 8.29. The van der Waals surface area contributed by atoms with E-state index in [2.05, 4.69) is 63.6 Å². The van der Waals surface area contributed by atoms with E-state index in [-0.39, 0.29) is 6.10 Å². The van der Waals surface area contributed by atoms with E-state index in [1.807, 2.05) is 0 Å². The Bertz CT molecular complexity index is 820. The van der Waals surface area contributed by atoms with E-state index >= 15 is 0 Å². The Balaban J connectivity index is 1.40. The monoisotopic (exact) mass is 378 g/mol. The fourth-order valence-corrected chi connectivity index (χ4v) is 4.94. The summed E-state index contributed by atoms with van der Waals surface area (Å²) in [5, 5.41) is 3.42. The van der Waals surface area contributed by atoms with Crippen molar-refractivity contribution in [3.8, 4) is 5.75 Å². The summed E-state index contributed by atoms with van der Waals surface area (Å²) in [5.41, 5.74) is 10.2. The molecule has 3 N–H and O–H groups in total. The van der Waals surface area contributed by atoms with Crippen molar-refractivity contribution in [2.45, 2.75) is 31.0 Å². The SMILES string of the molecule is NC1CCN(C2Cc3ccccc3C2Oc2cccc(N3CCNCC3)c2)C1. The molecule has 28 heavy (non-hydrogen) atoms. The Kier molecular flexibility index (Phi) is 4.97. The zero-order valence-electron chi connectivity index (χ0n) is 16.4. The Morgan fingerprint density at radius 2 is 1.86 bits per heavy atom. The number of piperazine rings is 1. The summed E-state index contributed by atoms with van der Waals surface area (Å²) < 4.78 is 6.67. The third-order valence-electron chi connectivity index (χ3n) is 6.43. The van der Waals surface area contributed by atoms with Crippen LogP contribution in [0.25, 0.3) is 0 Å². The second kappa shape index (κ2) is 7.74. The molecular weight excluding hydrogens is 348 g/mol. The number of ether oxygens (including phenoxy) is 1. The van der Waals surface area contributed by atoms with Crippen molar-refractivity contribution in [1.29, 1.82) is 0 Å². The lowest BCUT2D eigenvalue weighted by Gasteiger charge is -2.31. The van der Waals surface area contributed by atoms with Crippen LogP contribution >= 0.6 is 0 Å². The standard InChI is InChI=1S/C23H30N4O/c24-18-8-11-27(16-18)22-14-17-4-1-2-7-21(17)23(22)28-20-6-3-5-19(15-20)26-12-9-25-10-13-26/h1-7,15,18,22-23,25H,8-14,16,24H2. The number of anilines is 1. The van der Waals surface area contributed by atoms with E-state index in [0.717, 1.165) is 57.9 Å². The van der Waals surface area contributed by atoms with Gasteiger partial charge >= 0.3 is 0 Å².